The van der Waals surface area contributed by atoms with E-state index in [4.69, 9.17) is 4.74 Å². The van der Waals surface area contributed by atoms with Crippen LogP contribution in [0.2, 0.25) is 0 Å². The summed E-state index contributed by atoms with van der Waals surface area (Å²) in [6.45, 7) is 0. The van der Waals surface area contributed by atoms with E-state index in [9.17, 15) is 10.1 Å². The summed E-state index contributed by atoms with van der Waals surface area (Å²) in [5.74, 6) is 0.737. The lowest BCUT2D eigenvalue weighted by molar-refractivity contribution is 0.348. The zero-order valence-electron chi connectivity index (χ0n) is 13.3. The van der Waals surface area contributed by atoms with Crippen molar-refractivity contribution in [3.8, 4) is 23.1 Å². The molecule has 23 heavy (non-hydrogen) atoms. The molecule has 0 radical (unpaired) electrons. The summed E-state index contributed by atoms with van der Waals surface area (Å²) in [5.41, 5.74) is 1.73. The Morgan fingerprint density at radius 1 is 1.13 bits per heavy atom. The molecule has 4 nitrogen and oxygen atoms in total. The van der Waals surface area contributed by atoms with Gasteiger partial charge in [-0.3, -0.25) is 4.79 Å². The van der Waals surface area contributed by atoms with Gasteiger partial charge in [0, 0.05) is 11.6 Å². The van der Waals surface area contributed by atoms with Crippen LogP contribution in [-0.2, 0) is 0 Å². The van der Waals surface area contributed by atoms with Gasteiger partial charge in [0.05, 0.1) is 12.8 Å². The Labute approximate surface area is 135 Å². The molecule has 3 rings (SSSR count). The van der Waals surface area contributed by atoms with E-state index in [2.05, 4.69) is 0 Å². The number of nitrogens with zero attached hydrogens (tertiary/aromatic N) is 2. The second-order valence-corrected chi connectivity index (χ2v) is 5.91. The van der Waals surface area contributed by atoms with Crippen LogP contribution in [-0.4, -0.2) is 11.7 Å². The molecule has 0 saturated heterocycles. The molecule has 0 spiro atoms. The monoisotopic (exact) mass is 308 g/mol. The van der Waals surface area contributed by atoms with Crippen molar-refractivity contribution in [2.45, 2.75) is 38.1 Å². The van der Waals surface area contributed by atoms with Crippen LogP contribution in [0.4, 0.5) is 0 Å². The Morgan fingerprint density at radius 3 is 2.57 bits per heavy atom. The molecule has 1 heterocycles. The highest BCUT2D eigenvalue weighted by Crippen LogP contribution is 2.34. The zero-order valence-corrected chi connectivity index (χ0v) is 13.3. The van der Waals surface area contributed by atoms with Crippen LogP contribution < -0.4 is 10.3 Å². The molecule has 1 saturated carbocycles. The first-order chi connectivity index (χ1) is 11.3. The van der Waals surface area contributed by atoms with Crippen molar-refractivity contribution in [1.82, 2.24) is 4.57 Å². The number of benzene rings is 1. The molecule has 0 aliphatic heterocycles. The number of aromatic nitrogens is 1. The van der Waals surface area contributed by atoms with Crippen LogP contribution in [0.1, 0.15) is 43.7 Å². The molecule has 1 aromatic heterocycles. The van der Waals surface area contributed by atoms with E-state index < -0.39 is 0 Å². The predicted octanol–water partition coefficient (Wildman–Crippen LogP) is 3.90. The summed E-state index contributed by atoms with van der Waals surface area (Å²) < 4.78 is 7.27. The fourth-order valence-electron chi connectivity index (χ4n) is 3.42. The number of rotatable bonds is 3. The molecule has 1 aliphatic rings. The summed E-state index contributed by atoms with van der Waals surface area (Å²) in [5, 5.41) is 9.22. The van der Waals surface area contributed by atoms with Crippen LogP contribution in [0.25, 0.3) is 11.3 Å². The molecule has 1 aromatic carbocycles. The average Bonchev–Trinajstić information content (AvgIpc) is 2.62. The van der Waals surface area contributed by atoms with Crippen molar-refractivity contribution in [2.75, 3.05) is 7.11 Å². The fourth-order valence-corrected chi connectivity index (χ4v) is 3.42. The van der Waals surface area contributed by atoms with E-state index in [1.165, 1.54) is 6.42 Å². The summed E-state index contributed by atoms with van der Waals surface area (Å²) >= 11 is 0. The number of hydrogen-bond acceptors (Lipinski definition) is 3. The van der Waals surface area contributed by atoms with Gasteiger partial charge in [0.1, 0.15) is 17.4 Å². The molecule has 2 aromatic rings. The SMILES string of the molecule is COc1ccccc1-c1ccc(C#N)c(=O)n1C1CCCCC1. The highest BCUT2D eigenvalue weighted by Gasteiger charge is 2.22. The van der Waals surface area contributed by atoms with Gasteiger partial charge < -0.3 is 9.30 Å². The quantitative estimate of drug-likeness (QED) is 0.864. The van der Waals surface area contributed by atoms with Gasteiger partial charge in [-0.2, -0.15) is 5.26 Å². The largest absolute Gasteiger partial charge is 0.496 e. The lowest BCUT2D eigenvalue weighted by Crippen LogP contribution is -2.29. The first-order valence-electron chi connectivity index (χ1n) is 8.05. The minimum Gasteiger partial charge on any atom is -0.496 e. The third-order valence-electron chi connectivity index (χ3n) is 4.56. The van der Waals surface area contributed by atoms with E-state index in [1.807, 2.05) is 41.0 Å². The number of methoxy groups -OCH3 is 1. The highest BCUT2D eigenvalue weighted by atomic mass is 16.5. The minimum absolute atomic E-state index is 0.157. The van der Waals surface area contributed by atoms with E-state index in [0.717, 1.165) is 42.7 Å². The van der Waals surface area contributed by atoms with E-state index in [-0.39, 0.29) is 17.2 Å². The van der Waals surface area contributed by atoms with E-state index in [1.54, 1.807) is 13.2 Å². The predicted molar refractivity (Wildman–Crippen MR) is 89.5 cm³/mol. The van der Waals surface area contributed by atoms with Crippen LogP contribution >= 0.6 is 0 Å². The van der Waals surface area contributed by atoms with E-state index >= 15 is 0 Å². The van der Waals surface area contributed by atoms with Crippen molar-refractivity contribution >= 4 is 0 Å². The first kappa shape index (κ1) is 15.4. The molecule has 0 unspecified atom stereocenters. The lowest BCUT2D eigenvalue weighted by Gasteiger charge is -2.27. The number of hydrogen-bond donors (Lipinski definition) is 0. The standard InChI is InChI=1S/C19H20N2O2/c1-23-18-10-6-5-9-16(18)17-12-11-14(13-20)19(22)21(17)15-7-3-2-4-8-15/h5-6,9-12,15H,2-4,7-8H2,1H3. The van der Waals surface area contributed by atoms with Crippen LogP contribution in [0.3, 0.4) is 0 Å². The van der Waals surface area contributed by atoms with Crippen molar-refractivity contribution in [3.63, 3.8) is 0 Å². The zero-order chi connectivity index (χ0) is 16.2. The molecule has 0 N–H and O–H groups in total. The third-order valence-corrected chi connectivity index (χ3v) is 4.56. The van der Waals surface area contributed by atoms with Gasteiger partial charge in [0.15, 0.2) is 0 Å². The maximum atomic E-state index is 12.8. The summed E-state index contributed by atoms with van der Waals surface area (Å²) in [6, 6.07) is 13.4. The van der Waals surface area contributed by atoms with Crippen molar-refractivity contribution in [2.24, 2.45) is 0 Å². The minimum atomic E-state index is -0.192. The van der Waals surface area contributed by atoms with Gasteiger partial charge in [-0.1, -0.05) is 31.4 Å². The molecule has 118 valence electrons. The van der Waals surface area contributed by atoms with Crippen molar-refractivity contribution < 1.29 is 4.74 Å². The summed E-state index contributed by atoms with van der Waals surface area (Å²) in [6.07, 6.45) is 5.43. The van der Waals surface area contributed by atoms with Crippen molar-refractivity contribution in [1.29, 1.82) is 5.26 Å². The smallest absolute Gasteiger partial charge is 0.269 e. The van der Waals surface area contributed by atoms with Gasteiger partial charge >= 0.3 is 0 Å². The van der Waals surface area contributed by atoms with Gasteiger partial charge in [0.25, 0.3) is 5.56 Å². The molecule has 0 amide bonds. The number of nitriles is 1. The van der Waals surface area contributed by atoms with Crippen LogP contribution in [0.15, 0.2) is 41.2 Å². The summed E-state index contributed by atoms with van der Waals surface area (Å²) in [4.78, 5) is 12.8. The third kappa shape index (κ3) is 2.87. The normalized spacial score (nSPS) is 15.1. The van der Waals surface area contributed by atoms with Gasteiger partial charge in [-0.25, -0.2) is 0 Å². The molecular weight excluding hydrogens is 288 g/mol. The lowest BCUT2D eigenvalue weighted by atomic mass is 9.94. The Kier molecular flexibility index (Phi) is 4.47. The Hall–Kier alpha value is -2.54. The van der Waals surface area contributed by atoms with Gasteiger partial charge in [-0.15, -0.1) is 0 Å². The maximum Gasteiger partial charge on any atom is 0.269 e. The van der Waals surface area contributed by atoms with Crippen LogP contribution in [0.5, 0.6) is 5.75 Å². The number of pyridine rings is 1. The first-order valence-corrected chi connectivity index (χ1v) is 8.05. The maximum absolute atomic E-state index is 12.8. The van der Waals surface area contributed by atoms with E-state index in [0.29, 0.717) is 0 Å². The average molecular weight is 308 g/mol. The fraction of sp³-hybridized carbons (Fsp3) is 0.368. The van der Waals surface area contributed by atoms with Gasteiger partial charge in [-0.05, 0) is 37.1 Å². The van der Waals surface area contributed by atoms with Crippen molar-refractivity contribution in [3.05, 3.63) is 52.3 Å². The number of ether oxygens (including phenoxy) is 1. The Morgan fingerprint density at radius 2 is 1.87 bits per heavy atom. The Bertz CT molecular complexity index is 796. The topological polar surface area (TPSA) is 55.0 Å². The molecular formula is C19H20N2O2. The Balaban J connectivity index is 2.22. The second kappa shape index (κ2) is 6.70. The summed E-state index contributed by atoms with van der Waals surface area (Å²) in [7, 11) is 1.63. The molecule has 1 fully saturated rings. The van der Waals surface area contributed by atoms with Gasteiger partial charge in [0.2, 0.25) is 0 Å². The second-order valence-electron chi connectivity index (χ2n) is 5.91. The highest BCUT2D eigenvalue weighted by molar-refractivity contribution is 5.68. The molecule has 1 aliphatic carbocycles. The number of para-hydroxylation sites is 1. The molecule has 0 atom stereocenters. The molecule has 0 bridgehead atoms. The van der Waals surface area contributed by atoms with Crippen LogP contribution in [0, 0.1) is 11.3 Å². The molecule has 4 heteroatoms.